The number of halogens is 1. The largest absolute Gasteiger partial charge is 0.352 e. The maximum absolute atomic E-state index is 12.5. The Bertz CT molecular complexity index is 1210. The van der Waals surface area contributed by atoms with Gasteiger partial charge in [-0.2, -0.15) is 0 Å². The number of hydrogen-bond donors (Lipinski definition) is 2. The number of rotatable bonds is 5. The van der Waals surface area contributed by atoms with E-state index in [1.165, 1.54) is 11.3 Å². The van der Waals surface area contributed by atoms with Gasteiger partial charge in [-0.1, -0.05) is 18.2 Å². The van der Waals surface area contributed by atoms with Gasteiger partial charge >= 0.3 is 0 Å². The number of fused-ring (bicyclic) bond motifs is 5. The second kappa shape index (κ2) is 8.31. The Labute approximate surface area is 172 Å². The third-order valence-corrected chi connectivity index (χ3v) is 5.84. The van der Waals surface area contributed by atoms with Crippen LogP contribution in [0.15, 0.2) is 47.3 Å². The molecular formula is C21H22ClN3O2S. The summed E-state index contributed by atoms with van der Waals surface area (Å²) >= 11 is 1.49. The van der Waals surface area contributed by atoms with E-state index in [0.717, 1.165) is 39.3 Å². The third-order valence-electron chi connectivity index (χ3n) is 4.67. The van der Waals surface area contributed by atoms with Crippen LogP contribution in [0.5, 0.6) is 0 Å². The second-order valence-electron chi connectivity index (χ2n) is 6.93. The Balaban J connectivity index is 0.00000225. The van der Waals surface area contributed by atoms with Crippen molar-refractivity contribution in [2.45, 2.75) is 6.42 Å². The fraction of sp³-hybridized carbons (Fsp3) is 0.238. The fourth-order valence-corrected chi connectivity index (χ4v) is 4.46. The summed E-state index contributed by atoms with van der Waals surface area (Å²) in [5, 5.41) is 5.86. The number of aromatic nitrogens is 1. The molecular weight excluding hydrogens is 394 g/mol. The molecule has 0 saturated heterocycles. The highest BCUT2D eigenvalue weighted by Gasteiger charge is 2.14. The lowest BCUT2D eigenvalue weighted by Gasteiger charge is -2.10. The number of nitrogens with zero attached hydrogens (tertiary/aromatic N) is 1. The Hall–Kier alpha value is -2.41. The van der Waals surface area contributed by atoms with Crippen LogP contribution in [0.2, 0.25) is 0 Å². The first-order valence-electron chi connectivity index (χ1n) is 8.95. The van der Waals surface area contributed by atoms with Crippen molar-refractivity contribution in [2.24, 2.45) is 0 Å². The first kappa shape index (κ1) is 20.3. The van der Waals surface area contributed by atoms with Gasteiger partial charge in [0.1, 0.15) is 4.70 Å². The van der Waals surface area contributed by atoms with Crippen LogP contribution < -0.4 is 10.9 Å². The van der Waals surface area contributed by atoms with Crippen LogP contribution in [-0.4, -0.2) is 43.0 Å². The lowest BCUT2D eigenvalue weighted by molar-refractivity contribution is 0.0952. The van der Waals surface area contributed by atoms with Crippen molar-refractivity contribution in [3.63, 3.8) is 0 Å². The number of pyridine rings is 1. The van der Waals surface area contributed by atoms with Crippen LogP contribution in [0.4, 0.5) is 0 Å². The predicted octanol–water partition coefficient (Wildman–Crippen LogP) is 4.00. The van der Waals surface area contributed by atoms with E-state index in [2.05, 4.69) is 15.2 Å². The SMILES string of the molecule is CN(C)CCCNC(=O)c1ccc2[nH]c(=O)c3sc4ccccc4c3c2c1.Cl. The molecule has 0 bridgehead atoms. The van der Waals surface area contributed by atoms with Crippen molar-refractivity contribution >= 4 is 60.7 Å². The topological polar surface area (TPSA) is 65.2 Å². The molecule has 0 fully saturated rings. The van der Waals surface area contributed by atoms with E-state index >= 15 is 0 Å². The highest BCUT2D eigenvalue weighted by molar-refractivity contribution is 7.26. The number of amides is 1. The Morgan fingerprint density at radius 2 is 1.93 bits per heavy atom. The minimum absolute atomic E-state index is 0. The minimum atomic E-state index is -0.0884. The lowest BCUT2D eigenvalue weighted by Crippen LogP contribution is -2.27. The zero-order chi connectivity index (χ0) is 19.0. The normalized spacial score (nSPS) is 11.2. The molecule has 146 valence electrons. The molecule has 0 aliphatic carbocycles. The highest BCUT2D eigenvalue weighted by atomic mass is 35.5. The number of carbonyl (C=O) groups is 1. The first-order valence-corrected chi connectivity index (χ1v) is 9.76. The number of H-pyrrole nitrogens is 1. The molecule has 2 aromatic carbocycles. The van der Waals surface area contributed by atoms with Crippen molar-refractivity contribution in [2.75, 3.05) is 27.2 Å². The van der Waals surface area contributed by atoms with Gasteiger partial charge in [-0.25, -0.2) is 0 Å². The molecule has 0 spiro atoms. The smallest absolute Gasteiger partial charge is 0.266 e. The molecule has 0 aliphatic heterocycles. The number of benzene rings is 2. The molecule has 0 atom stereocenters. The molecule has 0 saturated carbocycles. The minimum Gasteiger partial charge on any atom is -0.352 e. The zero-order valence-electron chi connectivity index (χ0n) is 15.7. The molecule has 4 rings (SSSR count). The Morgan fingerprint density at radius 3 is 2.71 bits per heavy atom. The van der Waals surface area contributed by atoms with Crippen molar-refractivity contribution < 1.29 is 4.79 Å². The molecule has 0 unspecified atom stereocenters. The van der Waals surface area contributed by atoms with E-state index < -0.39 is 0 Å². The zero-order valence-corrected chi connectivity index (χ0v) is 17.4. The van der Waals surface area contributed by atoms with Crippen molar-refractivity contribution in [3.8, 4) is 0 Å². The molecule has 5 nitrogen and oxygen atoms in total. The first-order chi connectivity index (χ1) is 13.0. The van der Waals surface area contributed by atoms with Gasteiger partial charge in [-0.05, 0) is 51.3 Å². The average molecular weight is 416 g/mol. The van der Waals surface area contributed by atoms with Gasteiger partial charge in [-0.3, -0.25) is 9.59 Å². The number of nitrogens with one attached hydrogen (secondary N) is 2. The number of thiophene rings is 1. The molecule has 7 heteroatoms. The van der Waals surface area contributed by atoms with Crippen LogP contribution in [-0.2, 0) is 0 Å². The third kappa shape index (κ3) is 3.76. The molecule has 2 aromatic heterocycles. The number of hydrogen-bond acceptors (Lipinski definition) is 4. The van der Waals surface area contributed by atoms with E-state index in [-0.39, 0.29) is 23.9 Å². The van der Waals surface area contributed by atoms with Gasteiger partial charge in [0.05, 0.1) is 0 Å². The average Bonchev–Trinajstić information content (AvgIpc) is 3.05. The van der Waals surface area contributed by atoms with Gasteiger partial charge in [0, 0.05) is 38.5 Å². The van der Waals surface area contributed by atoms with Crippen LogP contribution in [0, 0.1) is 0 Å². The van der Waals surface area contributed by atoms with Crippen molar-refractivity contribution in [1.29, 1.82) is 0 Å². The van der Waals surface area contributed by atoms with E-state index in [0.29, 0.717) is 16.8 Å². The molecule has 0 radical (unpaired) electrons. The maximum Gasteiger partial charge on any atom is 0.266 e. The van der Waals surface area contributed by atoms with E-state index in [1.807, 2.05) is 50.5 Å². The molecule has 1 amide bonds. The monoisotopic (exact) mass is 415 g/mol. The van der Waals surface area contributed by atoms with Crippen molar-refractivity contribution in [3.05, 3.63) is 58.4 Å². The fourth-order valence-electron chi connectivity index (χ4n) is 3.35. The molecule has 4 aromatic rings. The summed E-state index contributed by atoms with van der Waals surface area (Å²) < 4.78 is 1.77. The lowest BCUT2D eigenvalue weighted by atomic mass is 10.0. The molecule has 2 N–H and O–H groups in total. The summed E-state index contributed by atoms with van der Waals surface area (Å²) in [6.45, 7) is 1.57. The molecule has 28 heavy (non-hydrogen) atoms. The predicted molar refractivity (Wildman–Crippen MR) is 120 cm³/mol. The summed E-state index contributed by atoms with van der Waals surface area (Å²) in [5.41, 5.74) is 1.27. The van der Waals surface area contributed by atoms with Crippen LogP contribution in [0.25, 0.3) is 31.1 Å². The quantitative estimate of drug-likeness (QED) is 0.484. The Morgan fingerprint density at radius 1 is 1.14 bits per heavy atom. The summed E-state index contributed by atoms with van der Waals surface area (Å²) in [7, 11) is 4.03. The van der Waals surface area contributed by atoms with E-state index in [4.69, 9.17) is 0 Å². The summed E-state index contributed by atoms with van der Waals surface area (Å²) in [4.78, 5) is 30.1. The van der Waals surface area contributed by atoms with Crippen LogP contribution in [0.1, 0.15) is 16.8 Å². The number of carbonyl (C=O) groups excluding carboxylic acids is 1. The summed E-state index contributed by atoms with van der Waals surface area (Å²) in [5.74, 6) is -0.0884. The molecule has 0 aliphatic rings. The standard InChI is InChI=1S/C21H21N3O2S.ClH/c1-24(2)11-5-10-22-20(25)13-8-9-16-15(12-13)18-14-6-3-4-7-17(14)27-19(18)21(26)23-16;/h3-4,6-9,12H,5,10-11H2,1-2H3,(H,22,25)(H,23,26);1H. The van der Waals surface area contributed by atoms with Gasteiger partial charge in [0.2, 0.25) is 0 Å². The molecule has 2 heterocycles. The summed E-state index contributed by atoms with van der Waals surface area (Å²) in [6, 6.07) is 13.5. The second-order valence-corrected chi connectivity index (χ2v) is 7.98. The van der Waals surface area contributed by atoms with Gasteiger partial charge in [0.15, 0.2) is 0 Å². The Kier molecular flexibility index (Phi) is 6.03. The maximum atomic E-state index is 12.5. The van der Waals surface area contributed by atoms with Crippen LogP contribution in [0.3, 0.4) is 0 Å². The van der Waals surface area contributed by atoms with Crippen molar-refractivity contribution in [1.82, 2.24) is 15.2 Å². The van der Waals surface area contributed by atoms with Gasteiger partial charge in [0.25, 0.3) is 11.5 Å². The highest BCUT2D eigenvalue weighted by Crippen LogP contribution is 2.35. The summed E-state index contributed by atoms with van der Waals surface area (Å²) in [6.07, 6.45) is 0.902. The van der Waals surface area contributed by atoms with Gasteiger partial charge < -0.3 is 15.2 Å². The number of aromatic amines is 1. The van der Waals surface area contributed by atoms with E-state index in [1.54, 1.807) is 6.07 Å². The van der Waals surface area contributed by atoms with E-state index in [9.17, 15) is 9.59 Å². The van der Waals surface area contributed by atoms with Crippen LogP contribution >= 0.6 is 23.7 Å². The van der Waals surface area contributed by atoms with Gasteiger partial charge in [-0.15, -0.1) is 23.7 Å².